The van der Waals surface area contributed by atoms with Crippen LogP contribution in [0.3, 0.4) is 0 Å². The highest BCUT2D eigenvalue weighted by molar-refractivity contribution is 7.91. The van der Waals surface area contributed by atoms with Gasteiger partial charge in [0.15, 0.2) is 9.84 Å². The summed E-state index contributed by atoms with van der Waals surface area (Å²) in [6, 6.07) is 5.69. The standard InChI is InChI=1S/C15H19NO6S/c1-22-8-9-23(20,21)13-4-2-11(3-5-13)14(17)16-7-6-12(10-16)15(18)19/h2-5,12H,6-10H2,1H3,(H,18,19)/t12-/m0/s1. The van der Waals surface area contributed by atoms with Gasteiger partial charge in [-0.25, -0.2) is 8.42 Å². The lowest BCUT2D eigenvalue weighted by Gasteiger charge is -2.16. The van der Waals surface area contributed by atoms with Crippen molar-refractivity contribution < 1.29 is 27.9 Å². The molecule has 0 aromatic heterocycles. The van der Waals surface area contributed by atoms with Crippen LogP contribution in [0.2, 0.25) is 0 Å². The molecule has 1 aliphatic heterocycles. The highest BCUT2D eigenvalue weighted by atomic mass is 32.2. The van der Waals surface area contributed by atoms with E-state index in [0.717, 1.165) is 0 Å². The lowest BCUT2D eigenvalue weighted by atomic mass is 10.1. The Balaban J connectivity index is 2.08. The number of methoxy groups -OCH3 is 1. The van der Waals surface area contributed by atoms with Gasteiger partial charge in [0.25, 0.3) is 5.91 Å². The number of rotatable bonds is 6. The van der Waals surface area contributed by atoms with Crippen LogP contribution in [0.4, 0.5) is 0 Å². The third-order valence-corrected chi connectivity index (χ3v) is 5.54. The molecule has 1 amide bonds. The molecule has 23 heavy (non-hydrogen) atoms. The SMILES string of the molecule is COCCS(=O)(=O)c1ccc(C(=O)N2CC[C@H](C(=O)O)C2)cc1. The molecule has 0 unspecified atom stereocenters. The number of nitrogens with zero attached hydrogens (tertiary/aromatic N) is 1. The van der Waals surface area contributed by atoms with Gasteiger partial charge >= 0.3 is 5.97 Å². The number of carboxylic acids is 1. The molecule has 1 heterocycles. The van der Waals surface area contributed by atoms with E-state index in [4.69, 9.17) is 9.84 Å². The van der Waals surface area contributed by atoms with Crippen molar-refractivity contribution in [3.05, 3.63) is 29.8 Å². The summed E-state index contributed by atoms with van der Waals surface area (Å²) in [7, 11) is -2.00. The summed E-state index contributed by atoms with van der Waals surface area (Å²) in [4.78, 5) is 24.9. The van der Waals surface area contributed by atoms with Crippen molar-refractivity contribution in [3.63, 3.8) is 0 Å². The number of carbonyl (C=O) groups excluding carboxylic acids is 1. The molecular formula is C15H19NO6S. The number of likely N-dealkylation sites (tertiary alicyclic amines) is 1. The van der Waals surface area contributed by atoms with Gasteiger partial charge in [0.2, 0.25) is 0 Å². The fourth-order valence-electron chi connectivity index (χ4n) is 2.44. The maximum Gasteiger partial charge on any atom is 0.308 e. The molecule has 1 aliphatic rings. The van der Waals surface area contributed by atoms with Gasteiger partial charge in [-0.2, -0.15) is 0 Å². The largest absolute Gasteiger partial charge is 0.481 e. The third-order valence-electron chi connectivity index (χ3n) is 3.84. The smallest absolute Gasteiger partial charge is 0.308 e. The van der Waals surface area contributed by atoms with E-state index in [0.29, 0.717) is 18.5 Å². The van der Waals surface area contributed by atoms with Crippen LogP contribution in [0.25, 0.3) is 0 Å². The van der Waals surface area contributed by atoms with Gasteiger partial charge in [0.1, 0.15) is 0 Å². The minimum absolute atomic E-state index is 0.105. The second kappa shape index (κ2) is 7.10. The molecule has 0 saturated carbocycles. The summed E-state index contributed by atoms with van der Waals surface area (Å²) in [6.07, 6.45) is 0.435. The zero-order valence-corrected chi connectivity index (χ0v) is 13.6. The lowest BCUT2D eigenvalue weighted by molar-refractivity contribution is -0.141. The fraction of sp³-hybridized carbons (Fsp3) is 0.467. The third kappa shape index (κ3) is 4.08. The van der Waals surface area contributed by atoms with Crippen molar-refractivity contribution in [3.8, 4) is 0 Å². The summed E-state index contributed by atoms with van der Waals surface area (Å²) < 4.78 is 28.8. The molecule has 0 bridgehead atoms. The van der Waals surface area contributed by atoms with E-state index in [1.807, 2.05) is 0 Å². The van der Waals surface area contributed by atoms with Crippen LogP contribution in [-0.4, -0.2) is 62.9 Å². The molecule has 0 spiro atoms. The lowest BCUT2D eigenvalue weighted by Crippen LogP contribution is -2.29. The molecule has 7 nitrogen and oxygen atoms in total. The van der Waals surface area contributed by atoms with E-state index < -0.39 is 21.7 Å². The number of sulfone groups is 1. The monoisotopic (exact) mass is 341 g/mol. The van der Waals surface area contributed by atoms with E-state index in [1.165, 1.54) is 36.3 Å². The van der Waals surface area contributed by atoms with Crippen molar-refractivity contribution in [1.82, 2.24) is 4.90 Å². The Morgan fingerprint density at radius 3 is 2.48 bits per heavy atom. The first kappa shape index (κ1) is 17.4. The molecule has 0 aliphatic carbocycles. The zero-order chi connectivity index (χ0) is 17.0. The van der Waals surface area contributed by atoms with Crippen LogP contribution in [0.1, 0.15) is 16.8 Å². The minimum atomic E-state index is -3.43. The average molecular weight is 341 g/mol. The summed E-state index contributed by atoms with van der Waals surface area (Å²) in [5.41, 5.74) is 0.349. The predicted molar refractivity (Wildman–Crippen MR) is 82.0 cm³/mol. The van der Waals surface area contributed by atoms with E-state index in [2.05, 4.69) is 0 Å². The molecule has 0 radical (unpaired) electrons. The quantitative estimate of drug-likeness (QED) is 0.815. The predicted octanol–water partition coefficient (Wildman–Crippen LogP) is 0.653. The average Bonchev–Trinajstić information content (AvgIpc) is 3.02. The molecule has 1 atom stereocenters. The Hall–Kier alpha value is -1.93. The highest BCUT2D eigenvalue weighted by Gasteiger charge is 2.31. The number of hydrogen-bond donors (Lipinski definition) is 1. The van der Waals surface area contributed by atoms with Gasteiger partial charge in [-0.05, 0) is 30.7 Å². The Labute approximate surface area is 134 Å². The van der Waals surface area contributed by atoms with Crippen molar-refractivity contribution in [2.24, 2.45) is 5.92 Å². The van der Waals surface area contributed by atoms with Gasteiger partial charge in [0, 0.05) is 25.8 Å². The number of amides is 1. The summed E-state index contributed by atoms with van der Waals surface area (Å²) in [5, 5.41) is 8.97. The van der Waals surface area contributed by atoms with Crippen molar-refractivity contribution in [1.29, 1.82) is 0 Å². The number of aliphatic carboxylic acids is 1. The van der Waals surface area contributed by atoms with Crippen LogP contribution in [0, 0.1) is 5.92 Å². The second-order valence-electron chi connectivity index (χ2n) is 5.41. The maximum absolute atomic E-state index is 12.3. The number of carbonyl (C=O) groups is 2. The number of carboxylic acid groups (broad SMARTS) is 1. The van der Waals surface area contributed by atoms with Gasteiger partial charge in [-0.3, -0.25) is 9.59 Å². The van der Waals surface area contributed by atoms with Crippen LogP contribution >= 0.6 is 0 Å². The van der Waals surface area contributed by atoms with Crippen molar-refractivity contribution >= 4 is 21.7 Å². The van der Waals surface area contributed by atoms with E-state index in [9.17, 15) is 18.0 Å². The molecule has 2 rings (SSSR count). The number of hydrogen-bond acceptors (Lipinski definition) is 5. The first-order valence-electron chi connectivity index (χ1n) is 7.19. The Kier molecular flexibility index (Phi) is 5.38. The Bertz CT molecular complexity index is 682. The van der Waals surface area contributed by atoms with Gasteiger partial charge in [-0.1, -0.05) is 0 Å². The Morgan fingerprint density at radius 2 is 1.96 bits per heavy atom. The first-order valence-corrected chi connectivity index (χ1v) is 8.84. The molecule has 1 fully saturated rings. The maximum atomic E-state index is 12.3. The molecule has 1 aromatic rings. The van der Waals surface area contributed by atoms with Crippen LogP contribution in [0.15, 0.2) is 29.2 Å². The van der Waals surface area contributed by atoms with E-state index in [-0.39, 0.29) is 29.7 Å². The van der Waals surface area contributed by atoms with E-state index in [1.54, 1.807) is 0 Å². The van der Waals surface area contributed by atoms with Crippen molar-refractivity contribution in [2.75, 3.05) is 32.6 Å². The van der Waals surface area contributed by atoms with Crippen LogP contribution in [0.5, 0.6) is 0 Å². The normalized spacial score (nSPS) is 18.1. The summed E-state index contributed by atoms with van der Waals surface area (Å²) in [6.45, 7) is 0.680. The molecule has 1 N–H and O–H groups in total. The number of ether oxygens (including phenoxy) is 1. The van der Waals surface area contributed by atoms with E-state index >= 15 is 0 Å². The molecule has 1 aromatic carbocycles. The molecule has 8 heteroatoms. The molecule has 126 valence electrons. The van der Waals surface area contributed by atoms with Crippen molar-refractivity contribution in [2.45, 2.75) is 11.3 Å². The summed E-state index contributed by atoms with van der Waals surface area (Å²) >= 11 is 0. The zero-order valence-electron chi connectivity index (χ0n) is 12.8. The summed E-state index contributed by atoms with van der Waals surface area (Å²) in [5.74, 6) is -1.84. The molecular weight excluding hydrogens is 322 g/mol. The Morgan fingerprint density at radius 1 is 1.30 bits per heavy atom. The van der Waals surface area contributed by atoms with Crippen LogP contribution < -0.4 is 0 Å². The first-order chi connectivity index (χ1) is 10.8. The highest BCUT2D eigenvalue weighted by Crippen LogP contribution is 2.20. The topological polar surface area (TPSA) is 101 Å². The fourth-order valence-corrected chi connectivity index (χ4v) is 3.62. The van der Waals surface area contributed by atoms with Gasteiger partial charge in [-0.15, -0.1) is 0 Å². The minimum Gasteiger partial charge on any atom is -0.481 e. The number of benzene rings is 1. The van der Waals surface area contributed by atoms with Gasteiger partial charge in [0.05, 0.1) is 23.2 Å². The van der Waals surface area contributed by atoms with Gasteiger partial charge < -0.3 is 14.7 Å². The second-order valence-corrected chi connectivity index (χ2v) is 7.52. The molecule has 1 saturated heterocycles. The van der Waals surface area contributed by atoms with Crippen LogP contribution in [-0.2, 0) is 19.4 Å².